The summed E-state index contributed by atoms with van der Waals surface area (Å²) >= 11 is 0. The molecule has 0 spiro atoms. The van der Waals surface area contributed by atoms with E-state index < -0.39 is 0 Å². The van der Waals surface area contributed by atoms with Crippen LogP contribution in [-0.2, 0) is 0 Å². The van der Waals surface area contributed by atoms with Gasteiger partial charge < -0.3 is 0 Å². The van der Waals surface area contributed by atoms with Crippen molar-refractivity contribution in [3.05, 3.63) is 0 Å². The first kappa shape index (κ1) is 16.1. The van der Waals surface area contributed by atoms with Gasteiger partial charge in [0.25, 0.3) is 0 Å². The van der Waals surface area contributed by atoms with E-state index in [4.69, 9.17) is 15.7 Å². The lowest BCUT2D eigenvalue weighted by Gasteiger charge is -1.48. The standard InChI is InChI=1S/C3H8.2C2H5B/c1-3-2;2*1-2-3/h3H2,1-2H3;2*2H2,1H3. The van der Waals surface area contributed by atoms with E-state index in [2.05, 4.69) is 13.8 Å². The zero-order valence-electron chi connectivity index (χ0n) is 7.28. The Labute approximate surface area is 63.2 Å². The largest absolute Gasteiger partial charge is 0.0915 e. The normalized spacial score (nSPS) is 5.78. The van der Waals surface area contributed by atoms with Gasteiger partial charge in [-0.15, -0.1) is 0 Å². The van der Waals surface area contributed by atoms with Crippen LogP contribution in [0.1, 0.15) is 34.1 Å². The topological polar surface area (TPSA) is 0 Å². The molecule has 0 aliphatic carbocycles. The highest BCUT2D eigenvalue weighted by atomic mass is 13.4. The van der Waals surface area contributed by atoms with Crippen LogP contribution < -0.4 is 0 Å². The molecule has 9 heavy (non-hydrogen) atoms. The van der Waals surface area contributed by atoms with Crippen LogP contribution in [0.5, 0.6) is 0 Å². The quantitative estimate of drug-likeness (QED) is 0.435. The van der Waals surface area contributed by atoms with E-state index in [0.717, 1.165) is 12.6 Å². The van der Waals surface area contributed by atoms with Gasteiger partial charge in [0.05, 0.1) is 15.7 Å². The van der Waals surface area contributed by atoms with Gasteiger partial charge in [-0.25, -0.2) is 0 Å². The van der Waals surface area contributed by atoms with Crippen LogP contribution in [0.3, 0.4) is 0 Å². The van der Waals surface area contributed by atoms with Gasteiger partial charge in [0.15, 0.2) is 0 Å². The molecule has 0 fully saturated rings. The molecule has 4 radical (unpaired) electrons. The SMILES string of the molecule is CCC.[B]CC.[B]CC. The van der Waals surface area contributed by atoms with Gasteiger partial charge in [-0.1, -0.05) is 46.8 Å². The molecular formula is C7H18B2. The van der Waals surface area contributed by atoms with Gasteiger partial charge in [-0.2, -0.15) is 0 Å². The lowest BCUT2D eigenvalue weighted by molar-refractivity contribution is 1.09. The summed E-state index contributed by atoms with van der Waals surface area (Å²) in [7, 11) is 9.69. The number of hydrogen-bond acceptors (Lipinski definition) is 0. The summed E-state index contributed by atoms with van der Waals surface area (Å²) in [5, 5.41) is 0. The highest BCUT2D eigenvalue weighted by Gasteiger charge is 1.37. The summed E-state index contributed by atoms with van der Waals surface area (Å²) < 4.78 is 0. The van der Waals surface area contributed by atoms with Crippen LogP contribution in [-0.4, -0.2) is 15.7 Å². The Bertz CT molecular complexity index is 11.6. The van der Waals surface area contributed by atoms with Crippen molar-refractivity contribution >= 4 is 15.7 Å². The molecule has 0 atom stereocenters. The van der Waals surface area contributed by atoms with Crippen LogP contribution in [0.15, 0.2) is 0 Å². The summed E-state index contributed by atoms with van der Waals surface area (Å²) in [5.41, 5.74) is 0. The van der Waals surface area contributed by atoms with Gasteiger partial charge in [-0.05, 0) is 0 Å². The van der Waals surface area contributed by atoms with Crippen molar-refractivity contribution in [2.45, 2.75) is 46.8 Å². The molecule has 0 unspecified atom stereocenters. The third kappa shape index (κ3) is 18100. The Kier molecular flexibility index (Phi) is 75.3. The van der Waals surface area contributed by atoms with Crippen molar-refractivity contribution in [3.8, 4) is 0 Å². The van der Waals surface area contributed by atoms with Crippen molar-refractivity contribution in [1.82, 2.24) is 0 Å². The molecule has 0 heterocycles. The fourth-order valence-corrected chi connectivity index (χ4v) is 0. The molecule has 0 nitrogen and oxygen atoms in total. The third-order valence-electron chi connectivity index (χ3n) is 0. The molecule has 0 aromatic rings. The predicted octanol–water partition coefficient (Wildman–Crippen LogP) is 2.60. The van der Waals surface area contributed by atoms with Crippen molar-refractivity contribution in [2.75, 3.05) is 0 Å². The summed E-state index contributed by atoms with van der Waals surface area (Å²) in [6, 6.07) is 0. The molecule has 0 amide bonds. The van der Waals surface area contributed by atoms with E-state index in [1.54, 1.807) is 0 Å². The first-order chi connectivity index (χ1) is 4.24. The molecule has 2 heteroatoms. The summed E-state index contributed by atoms with van der Waals surface area (Å²) in [6.45, 7) is 8.06. The summed E-state index contributed by atoms with van der Waals surface area (Å²) in [4.78, 5) is 0. The van der Waals surface area contributed by atoms with Gasteiger partial charge >= 0.3 is 0 Å². The zero-order valence-corrected chi connectivity index (χ0v) is 7.28. The minimum atomic E-state index is 0.750. The van der Waals surface area contributed by atoms with Crippen LogP contribution >= 0.6 is 0 Å². The van der Waals surface area contributed by atoms with E-state index in [1.807, 2.05) is 13.8 Å². The molecule has 0 aromatic heterocycles. The molecule has 0 aliphatic rings. The fourth-order valence-electron chi connectivity index (χ4n) is 0. The Hall–Kier alpha value is 0.130. The first-order valence-corrected chi connectivity index (χ1v) is 3.64. The molecular weight excluding hydrogens is 106 g/mol. The lowest BCUT2D eigenvalue weighted by atomic mass is 10.1. The molecule has 0 saturated carbocycles. The molecule has 52 valence electrons. The van der Waals surface area contributed by atoms with Crippen molar-refractivity contribution in [3.63, 3.8) is 0 Å². The number of hydrogen-bond donors (Lipinski definition) is 0. The van der Waals surface area contributed by atoms with E-state index in [9.17, 15) is 0 Å². The zero-order chi connectivity index (χ0) is 8.12. The van der Waals surface area contributed by atoms with E-state index in [0.29, 0.717) is 0 Å². The maximum atomic E-state index is 4.85. The minimum Gasteiger partial charge on any atom is -0.0915 e. The molecule has 0 bridgehead atoms. The maximum Gasteiger partial charge on any atom is 0.0649 e. The van der Waals surface area contributed by atoms with E-state index in [-0.39, 0.29) is 0 Å². The first-order valence-electron chi connectivity index (χ1n) is 3.64. The Morgan fingerprint density at radius 3 is 0.778 bits per heavy atom. The smallest absolute Gasteiger partial charge is 0.0649 e. The van der Waals surface area contributed by atoms with Crippen LogP contribution in [0, 0.1) is 0 Å². The highest BCUT2D eigenvalue weighted by molar-refractivity contribution is 6.08. The van der Waals surface area contributed by atoms with Crippen LogP contribution in [0.2, 0.25) is 12.6 Å². The Balaban J connectivity index is -0.0000000600. The van der Waals surface area contributed by atoms with Crippen molar-refractivity contribution < 1.29 is 0 Å². The van der Waals surface area contributed by atoms with Crippen molar-refractivity contribution in [1.29, 1.82) is 0 Å². The number of rotatable bonds is 0. The van der Waals surface area contributed by atoms with E-state index in [1.165, 1.54) is 6.42 Å². The maximum absolute atomic E-state index is 4.85. The highest BCUT2D eigenvalue weighted by Crippen LogP contribution is 1.56. The average Bonchev–Trinajstić information content (AvgIpc) is 1.70. The van der Waals surface area contributed by atoms with Gasteiger partial charge in [0, 0.05) is 0 Å². The average molecular weight is 124 g/mol. The third-order valence-corrected chi connectivity index (χ3v) is 0. The van der Waals surface area contributed by atoms with Gasteiger partial charge in [0.1, 0.15) is 0 Å². The molecule has 0 aromatic carbocycles. The van der Waals surface area contributed by atoms with Crippen molar-refractivity contribution in [2.24, 2.45) is 0 Å². The molecule has 0 aliphatic heterocycles. The lowest BCUT2D eigenvalue weighted by Crippen LogP contribution is -1.41. The summed E-state index contributed by atoms with van der Waals surface area (Å²) in [6.07, 6.45) is 2.75. The molecule has 0 saturated heterocycles. The van der Waals surface area contributed by atoms with Crippen LogP contribution in [0.4, 0.5) is 0 Å². The molecule has 0 rings (SSSR count). The second-order valence-corrected chi connectivity index (χ2v) is 1.52. The van der Waals surface area contributed by atoms with E-state index >= 15 is 0 Å². The monoisotopic (exact) mass is 124 g/mol. The van der Waals surface area contributed by atoms with Gasteiger partial charge in [-0.3, -0.25) is 0 Å². The second-order valence-electron chi connectivity index (χ2n) is 1.52. The molecule has 0 N–H and O–H groups in total. The second kappa shape index (κ2) is 42.2. The fraction of sp³-hybridized carbons (Fsp3) is 1.00. The Morgan fingerprint density at radius 2 is 0.778 bits per heavy atom. The summed E-state index contributed by atoms with van der Waals surface area (Å²) in [5.74, 6) is 0. The Morgan fingerprint density at radius 1 is 0.778 bits per heavy atom. The van der Waals surface area contributed by atoms with Gasteiger partial charge in [0.2, 0.25) is 0 Å². The minimum absolute atomic E-state index is 0.750. The van der Waals surface area contributed by atoms with Crippen LogP contribution in [0.25, 0.3) is 0 Å². The predicted molar refractivity (Wildman–Crippen MR) is 48.4 cm³/mol.